The first-order chi connectivity index (χ1) is 8.36. The molecule has 0 bridgehead atoms. The van der Waals surface area contributed by atoms with E-state index in [1.165, 1.54) is 11.1 Å². The van der Waals surface area contributed by atoms with Crippen LogP contribution in [0.25, 0.3) is 0 Å². The molecule has 17 heavy (non-hydrogen) atoms. The highest BCUT2D eigenvalue weighted by Crippen LogP contribution is 2.37. The van der Waals surface area contributed by atoms with E-state index in [1.54, 1.807) is 0 Å². The summed E-state index contributed by atoms with van der Waals surface area (Å²) in [6.45, 7) is 2.68. The summed E-state index contributed by atoms with van der Waals surface area (Å²) in [5.74, 6) is 2.81. The normalized spacial score (nSPS) is 12.3. The maximum atomic E-state index is 5.85. The molecule has 2 aromatic rings. The predicted molar refractivity (Wildman–Crippen MR) is 66.9 cm³/mol. The molecular formula is C15H14O2. The van der Waals surface area contributed by atoms with Crippen molar-refractivity contribution >= 4 is 0 Å². The second-order valence-corrected chi connectivity index (χ2v) is 4.09. The SMILES string of the molecule is CCOc1ccc2c(c1)Cc1ccccc1O2. The van der Waals surface area contributed by atoms with E-state index >= 15 is 0 Å². The Kier molecular flexibility index (Phi) is 2.48. The molecule has 0 aromatic heterocycles. The third-order valence-electron chi connectivity index (χ3n) is 2.92. The van der Waals surface area contributed by atoms with E-state index in [-0.39, 0.29) is 0 Å². The fraction of sp³-hybridized carbons (Fsp3) is 0.200. The molecule has 3 rings (SSSR count). The van der Waals surface area contributed by atoms with Gasteiger partial charge in [-0.3, -0.25) is 0 Å². The van der Waals surface area contributed by atoms with Crippen molar-refractivity contribution in [3.8, 4) is 17.2 Å². The van der Waals surface area contributed by atoms with Crippen molar-refractivity contribution in [3.63, 3.8) is 0 Å². The molecule has 1 aliphatic heterocycles. The van der Waals surface area contributed by atoms with Crippen LogP contribution in [-0.2, 0) is 6.42 Å². The van der Waals surface area contributed by atoms with Gasteiger partial charge in [-0.05, 0) is 36.8 Å². The molecule has 0 unspecified atom stereocenters. The molecule has 0 radical (unpaired) electrons. The average molecular weight is 226 g/mol. The highest BCUT2D eigenvalue weighted by atomic mass is 16.5. The number of rotatable bonds is 2. The van der Waals surface area contributed by atoms with Crippen LogP contribution in [0.2, 0.25) is 0 Å². The van der Waals surface area contributed by atoms with Crippen LogP contribution in [0, 0.1) is 0 Å². The zero-order valence-electron chi connectivity index (χ0n) is 9.77. The lowest BCUT2D eigenvalue weighted by Gasteiger charge is -2.20. The summed E-state index contributed by atoms with van der Waals surface area (Å²) in [6.07, 6.45) is 0.909. The molecule has 1 heterocycles. The summed E-state index contributed by atoms with van der Waals surface area (Å²) >= 11 is 0. The highest BCUT2D eigenvalue weighted by molar-refractivity contribution is 5.51. The van der Waals surface area contributed by atoms with E-state index in [9.17, 15) is 0 Å². The Morgan fingerprint density at radius 3 is 2.76 bits per heavy atom. The van der Waals surface area contributed by atoms with E-state index in [2.05, 4.69) is 12.1 Å². The second-order valence-electron chi connectivity index (χ2n) is 4.09. The monoisotopic (exact) mass is 226 g/mol. The topological polar surface area (TPSA) is 18.5 Å². The third kappa shape index (κ3) is 1.86. The molecule has 0 atom stereocenters. The van der Waals surface area contributed by atoms with Gasteiger partial charge in [0.1, 0.15) is 17.2 Å². The van der Waals surface area contributed by atoms with Crippen LogP contribution in [-0.4, -0.2) is 6.61 Å². The fourth-order valence-corrected chi connectivity index (χ4v) is 2.12. The van der Waals surface area contributed by atoms with Crippen LogP contribution in [0.1, 0.15) is 18.1 Å². The molecule has 86 valence electrons. The van der Waals surface area contributed by atoms with Crippen LogP contribution in [0.4, 0.5) is 0 Å². The van der Waals surface area contributed by atoms with Crippen molar-refractivity contribution in [2.45, 2.75) is 13.3 Å². The lowest BCUT2D eigenvalue weighted by Crippen LogP contribution is -2.03. The van der Waals surface area contributed by atoms with Gasteiger partial charge in [0.25, 0.3) is 0 Å². The van der Waals surface area contributed by atoms with Crippen LogP contribution in [0.3, 0.4) is 0 Å². The van der Waals surface area contributed by atoms with E-state index in [0.717, 1.165) is 23.7 Å². The van der Waals surface area contributed by atoms with Gasteiger partial charge in [-0.1, -0.05) is 18.2 Å². The summed E-state index contributed by atoms with van der Waals surface area (Å²) in [7, 11) is 0. The van der Waals surface area contributed by atoms with Gasteiger partial charge in [0.15, 0.2) is 0 Å². The summed E-state index contributed by atoms with van der Waals surface area (Å²) in [5, 5.41) is 0. The van der Waals surface area contributed by atoms with Crippen molar-refractivity contribution in [3.05, 3.63) is 53.6 Å². The number of benzene rings is 2. The van der Waals surface area contributed by atoms with Gasteiger partial charge in [0.2, 0.25) is 0 Å². The summed E-state index contributed by atoms with van der Waals surface area (Å²) in [6, 6.07) is 14.2. The second kappa shape index (κ2) is 4.13. The largest absolute Gasteiger partial charge is 0.494 e. The fourth-order valence-electron chi connectivity index (χ4n) is 2.12. The van der Waals surface area contributed by atoms with Crippen molar-refractivity contribution in [2.75, 3.05) is 6.61 Å². The van der Waals surface area contributed by atoms with Gasteiger partial charge in [-0.25, -0.2) is 0 Å². The van der Waals surface area contributed by atoms with Gasteiger partial charge < -0.3 is 9.47 Å². The number of para-hydroxylation sites is 1. The molecule has 0 amide bonds. The molecule has 2 nitrogen and oxygen atoms in total. The van der Waals surface area contributed by atoms with Crippen molar-refractivity contribution in [2.24, 2.45) is 0 Å². The van der Waals surface area contributed by atoms with Gasteiger partial charge >= 0.3 is 0 Å². The minimum Gasteiger partial charge on any atom is -0.494 e. The van der Waals surface area contributed by atoms with E-state index < -0.39 is 0 Å². The van der Waals surface area contributed by atoms with Crippen LogP contribution in [0.5, 0.6) is 17.2 Å². The Bertz CT molecular complexity index is 546. The zero-order valence-corrected chi connectivity index (χ0v) is 9.77. The molecule has 0 fully saturated rings. The van der Waals surface area contributed by atoms with Crippen molar-refractivity contribution in [1.82, 2.24) is 0 Å². The Hall–Kier alpha value is -1.96. The highest BCUT2D eigenvalue weighted by Gasteiger charge is 2.16. The van der Waals surface area contributed by atoms with E-state index in [1.807, 2.05) is 37.3 Å². The number of fused-ring (bicyclic) bond motifs is 2. The summed E-state index contributed by atoms with van der Waals surface area (Å²) < 4.78 is 11.4. The van der Waals surface area contributed by atoms with Crippen molar-refractivity contribution in [1.29, 1.82) is 0 Å². The average Bonchev–Trinajstić information content (AvgIpc) is 2.36. The Labute approximate surface area is 101 Å². The van der Waals surface area contributed by atoms with E-state index in [0.29, 0.717) is 6.61 Å². The van der Waals surface area contributed by atoms with Gasteiger partial charge in [0, 0.05) is 12.0 Å². The summed E-state index contributed by atoms with van der Waals surface area (Å²) in [5.41, 5.74) is 2.42. The van der Waals surface area contributed by atoms with Gasteiger partial charge in [-0.2, -0.15) is 0 Å². The van der Waals surface area contributed by atoms with E-state index in [4.69, 9.17) is 9.47 Å². The first-order valence-corrected chi connectivity index (χ1v) is 5.88. The summed E-state index contributed by atoms with van der Waals surface area (Å²) in [4.78, 5) is 0. The van der Waals surface area contributed by atoms with Crippen LogP contribution < -0.4 is 9.47 Å². The lowest BCUT2D eigenvalue weighted by atomic mass is 10.0. The number of hydrogen-bond donors (Lipinski definition) is 0. The quantitative estimate of drug-likeness (QED) is 0.662. The molecule has 0 aliphatic carbocycles. The molecule has 1 aliphatic rings. The van der Waals surface area contributed by atoms with Gasteiger partial charge in [0.05, 0.1) is 6.61 Å². The molecule has 0 saturated heterocycles. The smallest absolute Gasteiger partial charge is 0.131 e. The Morgan fingerprint density at radius 2 is 1.88 bits per heavy atom. The molecule has 0 spiro atoms. The van der Waals surface area contributed by atoms with Crippen LogP contribution in [0.15, 0.2) is 42.5 Å². The molecule has 0 N–H and O–H groups in total. The lowest BCUT2D eigenvalue weighted by molar-refractivity contribution is 0.339. The molecular weight excluding hydrogens is 212 g/mol. The molecule has 2 aromatic carbocycles. The maximum Gasteiger partial charge on any atom is 0.131 e. The Morgan fingerprint density at radius 1 is 1.06 bits per heavy atom. The zero-order chi connectivity index (χ0) is 11.7. The standard InChI is InChI=1S/C15H14O2/c1-2-16-13-7-8-15-12(10-13)9-11-5-3-4-6-14(11)17-15/h3-8,10H,2,9H2,1H3. The first kappa shape index (κ1) is 10.2. The third-order valence-corrected chi connectivity index (χ3v) is 2.92. The van der Waals surface area contributed by atoms with Crippen molar-refractivity contribution < 1.29 is 9.47 Å². The molecule has 2 heteroatoms. The maximum absolute atomic E-state index is 5.85. The number of ether oxygens (including phenoxy) is 2. The Balaban J connectivity index is 1.97. The molecule has 0 saturated carbocycles. The first-order valence-electron chi connectivity index (χ1n) is 5.88. The minimum atomic E-state index is 0.691. The minimum absolute atomic E-state index is 0.691. The van der Waals surface area contributed by atoms with Crippen LogP contribution >= 0.6 is 0 Å². The predicted octanol–water partition coefficient (Wildman–Crippen LogP) is 3.78. The number of hydrogen-bond acceptors (Lipinski definition) is 2. The van der Waals surface area contributed by atoms with Gasteiger partial charge in [-0.15, -0.1) is 0 Å².